The van der Waals surface area contributed by atoms with Crippen LogP contribution in [-0.4, -0.2) is 47.3 Å². The van der Waals surface area contributed by atoms with Gasteiger partial charge in [0.05, 0.1) is 26.2 Å². The summed E-state index contributed by atoms with van der Waals surface area (Å²) in [6.07, 6.45) is -4.19. The number of halogens is 5. The van der Waals surface area contributed by atoms with Gasteiger partial charge in [0.2, 0.25) is 0 Å². The molecule has 2 nitrogen and oxygen atoms in total. The minimum atomic E-state index is -4.19. The zero-order valence-electron chi connectivity index (χ0n) is 9.20. The molecule has 0 unspecified atom stereocenters. The topological polar surface area (TPSA) is 3.24 Å². The molecule has 0 saturated heterocycles. The van der Waals surface area contributed by atoms with Crippen molar-refractivity contribution in [3.63, 3.8) is 0 Å². The van der Waals surface area contributed by atoms with Crippen molar-refractivity contribution in [3.8, 4) is 0 Å². The normalized spacial score (nSPS) is 14.8. The molecule has 0 heterocycles. The Hall–Kier alpha value is 0.290. The van der Waals surface area contributed by atoms with Crippen LogP contribution in [0.2, 0.25) is 0 Å². The molecule has 0 aromatic carbocycles. The first-order valence-corrected chi connectivity index (χ1v) is 5.04. The Bertz CT molecular complexity index is 214. The highest BCUT2D eigenvalue weighted by atomic mass is 35.5. The van der Waals surface area contributed by atoms with Crippen molar-refractivity contribution in [2.75, 3.05) is 27.2 Å². The third kappa shape index (κ3) is 6.45. The second kappa shape index (κ2) is 4.65. The van der Waals surface area contributed by atoms with E-state index >= 15 is 0 Å². The molecule has 0 saturated carbocycles. The van der Waals surface area contributed by atoms with Gasteiger partial charge in [-0.15, -0.1) is 3.94 Å². The first-order valence-electron chi connectivity index (χ1n) is 4.36. The standard InChI is InChI=1S/C8H16Cl2F3N2/c1-7(2,14(9)10)5-15(3,4)6-8(11,12)13/h5-6H2,1-4H3/q+1. The Kier molecular flexibility index (Phi) is 4.74. The molecule has 0 bridgehead atoms. The fourth-order valence-corrected chi connectivity index (χ4v) is 1.75. The van der Waals surface area contributed by atoms with E-state index in [0.29, 0.717) is 0 Å². The highest BCUT2D eigenvalue weighted by Crippen LogP contribution is 2.26. The van der Waals surface area contributed by atoms with Gasteiger partial charge < -0.3 is 4.48 Å². The average Bonchev–Trinajstić information content (AvgIpc) is 1.75. The monoisotopic (exact) mass is 267 g/mol. The lowest BCUT2D eigenvalue weighted by atomic mass is 10.1. The molecule has 0 spiro atoms. The van der Waals surface area contributed by atoms with Gasteiger partial charge in [-0.05, 0) is 37.4 Å². The molecule has 15 heavy (non-hydrogen) atoms. The van der Waals surface area contributed by atoms with Crippen LogP contribution >= 0.6 is 23.6 Å². The van der Waals surface area contributed by atoms with E-state index in [9.17, 15) is 13.2 Å². The molecule has 0 aromatic rings. The number of hydrogen-bond donors (Lipinski definition) is 0. The number of quaternary nitrogens is 1. The molecular formula is C8H16Cl2F3N2+. The maximum atomic E-state index is 12.2. The van der Waals surface area contributed by atoms with Crippen molar-refractivity contribution < 1.29 is 17.7 Å². The Morgan fingerprint density at radius 2 is 1.47 bits per heavy atom. The first kappa shape index (κ1) is 15.3. The van der Waals surface area contributed by atoms with E-state index in [1.165, 1.54) is 14.1 Å². The van der Waals surface area contributed by atoms with Crippen molar-refractivity contribution >= 4 is 23.6 Å². The predicted octanol–water partition coefficient (Wildman–Crippen LogP) is 3.01. The van der Waals surface area contributed by atoms with Crippen LogP contribution in [0.3, 0.4) is 0 Å². The van der Waals surface area contributed by atoms with Crippen LogP contribution in [0.1, 0.15) is 13.8 Å². The number of rotatable bonds is 4. The van der Waals surface area contributed by atoms with Crippen LogP contribution < -0.4 is 0 Å². The van der Waals surface area contributed by atoms with Crippen LogP contribution in [0.5, 0.6) is 0 Å². The number of hydrogen-bond acceptors (Lipinski definition) is 1. The number of likely N-dealkylation sites (N-methyl/N-ethyl adjacent to an activating group) is 1. The van der Waals surface area contributed by atoms with Crippen molar-refractivity contribution in [3.05, 3.63) is 0 Å². The van der Waals surface area contributed by atoms with E-state index in [1.54, 1.807) is 13.8 Å². The maximum Gasteiger partial charge on any atom is 0.438 e. The zero-order chi connectivity index (χ0) is 12.5. The van der Waals surface area contributed by atoms with Gasteiger partial charge in [-0.25, -0.2) is 0 Å². The molecule has 0 amide bonds. The lowest BCUT2D eigenvalue weighted by Crippen LogP contribution is -2.55. The van der Waals surface area contributed by atoms with E-state index in [4.69, 9.17) is 23.6 Å². The van der Waals surface area contributed by atoms with Crippen LogP contribution in [0.4, 0.5) is 13.2 Å². The van der Waals surface area contributed by atoms with E-state index in [0.717, 1.165) is 3.94 Å². The van der Waals surface area contributed by atoms with E-state index in [1.807, 2.05) is 0 Å². The summed E-state index contributed by atoms with van der Waals surface area (Å²) in [6, 6.07) is 0. The molecule has 0 rings (SSSR count). The predicted molar refractivity (Wildman–Crippen MR) is 55.5 cm³/mol. The van der Waals surface area contributed by atoms with Gasteiger partial charge in [0.25, 0.3) is 0 Å². The molecular weight excluding hydrogens is 252 g/mol. The molecule has 0 aliphatic rings. The van der Waals surface area contributed by atoms with Crippen LogP contribution in [-0.2, 0) is 0 Å². The molecule has 0 fully saturated rings. The maximum absolute atomic E-state index is 12.2. The van der Waals surface area contributed by atoms with Crippen LogP contribution in [0, 0.1) is 0 Å². The van der Waals surface area contributed by atoms with Crippen LogP contribution in [0.15, 0.2) is 0 Å². The number of alkyl halides is 3. The molecule has 92 valence electrons. The number of nitrogens with zero attached hydrogens (tertiary/aromatic N) is 2. The van der Waals surface area contributed by atoms with E-state index in [2.05, 4.69) is 0 Å². The van der Waals surface area contributed by atoms with Crippen molar-refractivity contribution in [1.29, 1.82) is 0 Å². The fourth-order valence-electron chi connectivity index (χ4n) is 1.64. The molecule has 7 heteroatoms. The van der Waals surface area contributed by atoms with Crippen LogP contribution in [0.25, 0.3) is 0 Å². The molecule has 0 N–H and O–H groups in total. The minimum Gasteiger partial charge on any atom is -0.319 e. The van der Waals surface area contributed by atoms with Gasteiger partial charge in [0, 0.05) is 0 Å². The molecule has 0 aromatic heterocycles. The SMILES string of the molecule is CC(C)(C[N+](C)(C)CC(F)(F)F)N(Cl)Cl. The van der Waals surface area contributed by atoms with Gasteiger partial charge in [-0.3, -0.25) is 0 Å². The Morgan fingerprint density at radius 1 is 1.07 bits per heavy atom. The van der Waals surface area contributed by atoms with E-state index < -0.39 is 18.3 Å². The molecule has 0 radical (unpaired) electrons. The highest BCUT2D eigenvalue weighted by Gasteiger charge is 2.41. The second-order valence-electron chi connectivity index (χ2n) is 4.91. The molecule has 0 aliphatic carbocycles. The summed E-state index contributed by atoms with van der Waals surface area (Å²) in [4.78, 5) is 0. The lowest BCUT2D eigenvalue weighted by Gasteiger charge is -2.38. The fraction of sp³-hybridized carbons (Fsp3) is 1.00. The highest BCUT2D eigenvalue weighted by molar-refractivity contribution is 6.34. The smallest absolute Gasteiger partial charge is 0.319 e. The third-order valence-electron chi connectivity index (χ3n) is 1.88. The van der Waals surface area contributed by atoms with Gasteiger partial charge in [0.1, 0.15) is 0 Å². The Balaban J connectivity index is 4.51. The lowest BCUT2D eigenvalue weighted by molar-refractivity contribution is -0.904. The van der Waals surface area contributed by atoms with Crippen molar-refractivity contribution in [2.24, 2.45) is 0 Å². The quantitative estimate of drug-likeness (QED) is 0.559. The molecule has 0 aliphatic heterocycles. The van der Waals surface area contributed by atoms with E-state index in [-0.39, 0.29) is 11.0 Å². The summed E-state index contributed by atoms with van der Waals surface area (Å²) < 4.78 is 37.4. The summed E-state index contributed by atoms with van der Waals surface area (Å²) in [7, 11) is 2.99. The molecule has 0 atom stereocenters. The third-order valence-corrected chi connectivity index (χ3v) is 2.80. The summed E-state index contributed by atoms with van der Waals surface area (Å²) >= 11 is 11.1. The average molecular weight is 268 g/mol. The minimum absolute atomic E-state index is 0.194. The van der Waals surface area contributed by atoms with Gasteiger partial charge in [-0.2, -0.15) is 13.2 Å². The second-order valence-corrected chi connectivity index (χ2v) is 5.76. The summed E-state index contributed by atoms with van der Waals surface area (Å²) in [5.41, 5.74) is -0.710. The zero-order valence-corrected chi connectivity index (χ0v) is 10.7. The summed E-state index contributed by atoms with van der Waals surface area (Å²) in [5.74, 6) is 0. The van der Waals surface area contributed by atoms with Crippen molar-refractivity contribution in [1.82, 2.24) is 3.94 Å². The van der Waals surface area contributed by atoms with Gasteiger partial charge >= 0.3 is 6.18 Å². The Morgan fingerprint density at radius 3 is 1.73 bits per heavy atom. The summed E-state index contributed by atoms with van der Waals surface area (Å²) in [6.45, 7) is 2.66. The van der Waals surface area contributed by atoms with Crippen molar-refractivity contribution in [2.45, 2.75) is 25.6 Å². The summed E-state index contributed by atoms with van der Waals surface area (Å²) in [5, 5.41) is 0. The van der Waals surface area contributed by atoms with Gasteiger partial charge in [0.15, 0.2) is 6.54 Å². The first-order chi connectivity index (χ1) is 6.36. The van der Waals surface area contributed by atoms with Gasteiger partial charge in [-0.1, -0.05) is 0 Å². The Labute approximate surface area is 98.3 Å². The largest absolute Gasteiger partial charge is 0.438 e.